The average molecular weight is 343 g/mol. The molecule has 1 amide bonds. The normalized spacial score (nSPS) is 16.4. The van der Waals surface area contributed by atoms with Crippen molar-refractivity contribution in [1.82, 2.24) is 14.9 Å². The van der Waals surface area contributed by atoms with Crippen molar-refractivity contribution in [2.24, 2.45) is 7.05 Å². The molecule has 25 heavy (non-hydrogen) atoms. The second-order valence-corrected chi connectivity index (χ2v) is 7.87. The Labute approximate surface area is 147 Å². The summed E-state index contributed by atoms with van der Waals surface area (Å²) in [4.78, 5) is 28.3. The molecule has 6 nitrogen and oxygen atoms in total. The number of hydrogen-bond donors (Lipinski definition) is 1. The summed E-state index contributed by atoms with van der Waals surface area (Å²) in [5.41, 5.74) is 2.22. The number of nitrogens with zero attached hydrogens (tertiary/aromatic N) is 2. The van der Waals surface area contributed by atoms with Crippen LogP contribution in [0, 0.1) is 6.92 Å². The molecule has 1 N–H and O–H groups in total. The first kappa shape index (κ1) is 17.5. The highest BCUT2D eigenvalue weighted by molar-refractivity contribution is 5.87. The van der Waals surface area contributed by atoms with Crippen LogP contribution in [0.4, 0.5) is 4.79 Å². The molecule has 0 unspecified atom stereocenters. The van der Waals surface area contributed by atoms with E-state index >= 15 is 0 Å². The minimum Gasteiger partial charge on any atom is -0.444 e. The van der Waals surface area contributed by atoms with Crippen molar-refractivity contribution in [2.75, 3.05) is 0 Å². The SMILES string of the molecule is Cc1cc2nc(C3(NC(=O)OC(C)(C)C)CCC3)n(C)c2cc1C=O. The number of carbonyl (C=O) groups is 2. The monoisotopic (exact) mass is 343 g/mol. The molecule has 0 bridgehead atoms. The average Bonchev–Trinajstić information content (AvgIpc) is 2.77. The number of fused-ring (bicyclic) bond motifs is 1. The van der Waals surface area contributed by atoms with E-state index in [1.165, 1.54) is 0 Å². The Hall–Kier alpha value is -2.37. The summed E-state index contributed by atoms with van der Waals surface area (Å²) in [6.07, 6.45) is 3.10. The molecule has 1 aliphatic carbocycles. The number of aromatic nitrogens is 2. The molecule has 1 aromatic heterocycles. The van der Waals surface area contributed by atoms with Crippen LogP contribution in [0.1, 0.15) is 61.8 Å². The Morgan fingerprint density at radius 2 is 2.04 bits per heavy atom. The van der Waals surface area contributed by atoms with Crippen LogP contribution >= 0.6 is 0 Å². The van der Waals surface area contributed by atoms with E-state index in [4.69, 9.17) is 9.72 Å². The highest BCUT2D eigenvalue weighted by Gasteiger charge is 2.44. The Bertz CT molecular complexity index is 842. The van der Waals surface area contributed by atoms with Gasteiger partial charge in [0.25, 0.3) is 0 Å². The number of aryl methyl sites for hydroxylation is 2. The summed E-state index contributed by atoms with van der Waals surface area (Å²) in [5, 5.41) is 3.03. The van der Waals surface area contributed by atoms with Crippen molar-refractivity contribution in [3.63, 3.8) is 0 Å². The molecule has 1 aromatic carbocycles. The lowest BCUT2D eigenvalue weighted by Crippen LogP contribution is -2.53. The van der Waals surface area contributed by atoms with E-state index in [1.54, 1.807) is 0 Å². The maximum absolute atomic E-state index is 12.3. The summed E-state index contributed by atoms with van der Waals surface area (Å²) in [7, 11) is 1.92. The highest BCUT2D eigenvalue weighted by Crippen LogP contribution is 2.42. The lowest BCUT2D eigenvalue weighted by molar-refractivity contribution is 0.0361. The van der Waals surface area contributed by atoms with Gasteiger partial charge < -0.3 is 14.6 Å². The number of benzene rings is 1. The zero-order valence-corrected chi connectivity index (χ0v) is 15.5. The molecule has 1 heterocycles. The minimum absolute atomic E-state index is 0.427. The smallest absolute Gasteiger partial charge is 0.408 e. The van der Waals surface area contributed by atoms with Gasteiger partial charge in [-0.05, 0) is 64.7 Å². The number of hydrogen-bond acceptors (Lipinski definition) is 4. The Morgan fingerprint density at radius 1 is 1.36 bits per heavy atom. The summed E-state index contributed by atoms with van der Waals surface area (Å²) in [6, 6.07) is 3.77. The standard InChI is InChI=1S/C19H25N3O3/c1-12-9-14-15(10-13(12)11-23)22(5)16(20-14)19(7-6-8-19)21-17(24)25-18(2,3)4/h9-11H,6-8H2,1-5H3,(H,21,24). The summed E-state index contributed by atoms with van der Waals surface area (Å²) in [6.45, 7) is 7.44. The van der Waals surface area contributed by atoms with Gasteiger partial charge in [0.05, 0.1) is 11.0 Å². The minimum atomic E-state index is -0.544. The van der Waals surface area contributed by atoms with Gasteiger partial charge in [0.1, 0.15) is 23.3 Å². The van der Waals surface area contributed by atoms with Gasteiger partial charge >= 0.3 is 6.09 Å². The number of rotatable bonds is 3. The van der Waals surface area contributed by atoms with Crippen molar-refractivity contribution in [1.29, 1.82) is 0 Å². The number of amides is 1. The van der Waals surface area contributed by atoms with E-state index < -0.39 is 17.2 Å². The largest absolute Gasteiger partial charge is 0.444 e. The Balaban J connectivity index is 2.00. The summed E-state index contributed by atoms with van der Waals surface area (Å²) >= 11 is 0. The molecule has 6 heteroatoms. The third kappa shape index (κ3) is 3.13. The fourth-order valence-electron chi connectivity index (χ4n) is 3.35. The van der Waals surface area contributed by atoms with E-state index in [1.807, 2.05) is 51.4 Å². The molecule has 134 valence electrons. The van der Waals surface area contributed by atoms with E-state index in [-0.39, 0.29) is 0 Å². The van der Waals surface area contributed by atoms with Crippen molar-refractivity contribution in [3.05, 3.63) is 29.1 Å². The molecule has 2 aromatic rings. The van der Waals surface area contributed by atoms with Gasteiger partial charge in [0, 0.05) is 12.6 Å². The quantitative estimate of drug-likeness (QED) is 0.864. The van der Waals surface area contributed by atoms with E-state index in [0.717, 1.165) is 48.0 Å². The van der Waals surface area contributed by atoms with Gasteiger partial charge in [-0.3, -0.25) is 4.79 Å². The Morgan fingerprint density at radius 3 is 2.56 bits per heavy atom. The maximum atomic E-state index is 12.3. The third-order valence-electron chi connectivity index (χ3n) is 4.77. The molecular formula is C19H25N3O3. The first-order valence-electron chi connectivity index (χ1n) is 8.59. The van der Waals surface area contributed by atoms with Gasteiger partial charge in [-0.15, -0.1) is 0 Å². The van der Waals surface area contributed by atoms with Crippen molar-refractivity contribution >= 4 is 23.4 Å². The predicted octanol–water partition coefficient (Wildman–Crippen LogP) is 3.60. The number of nitrogens with one attached hydrogen (secondary N) is 1. The fourth-order valence-corrected chi connectivity index (χ4v) is 3.35. The van der Waals surface area contributed by atoms with Crippen LogP contribution in [0.15, 0.2) is 12.1 Å². The van der Waals surface area contributed by atoms with Crippen molar-refractivity contribution in [3.8, 4) is 0 Å². The Kier molecular flexibility index (Phi) is 4.09. The van der Waals surface area contributed by atoms with Crippen LogP contribution in [-0.4, -0.2) is 27.5 Å². The highest BCUT2D eigenvalue weighted by atomic mass is 16.6. The molecule has 0 aliphatic heterocycles. The number of alkyl carbamates (subject to hydrolysis) is 1. The number of carbonyl (C=O) groups excluding carboxylic acids is 2. The van der Waals surface area contributed by atoms with Gasteiger partial charge in [0.15, 0.2) is 0 Å². The molecular weight excluding hydrogens is 318 g/mol. The van der Waals surface area contributed by atoms with Crippen LogP contribution in [0.25, 0.3) is 11.0 Å². The second kappa shape index (κ2) is 5.86. The molecule has 1 saturated carbocycles. The third-order valence-corrected chi connectivity index (χ3v) is 4.77. The molecule has 0 atom stereocenters. The van der Waals surface area contributed by atoms with Crippen LogP contribution < -0.4 is 5.32 Å². The topological polar surface area (TPSA) is 73.2 Å². The number of aldehydes is 1. The molecule has 3 rings (SSSR count). The van der Waals surface area contributed by atoms with Gasteiger partial charge in [-0.1, -0.05) is 0 Å². The molecule has 1 aliphatic rings. The van der Waals surface area contributed by atoms with Gasteiger partial charge in [-0.25, -0.2) is 9.78 Å². The van der Waals surface area contributed by atoms with Crippen molar-refractivity contribution < 1.29 is 14.3 Å². The molecule has 0 radical (unpaired) electrons. The van der Waals surface area contributed by atoms with Crippen LogP contribution in [0.5, 0.6) is 0 Å². The molecule has 0 spiro atoms. The predicted molar refractivity (Wildman–Crippen MR) is 95.7 cm³/mol. The maximum Gasteiger partial charge on any atom is 0.408 e. The van der Waals surface area contributed by atoms with Crippen molar-refractivity contribution in [2.45, 2.75) is 58.1 Å². The van der Waals surface area contributed by atoms with Crippen LogP contribution in [0.2, 0.25) is 0 Å². The van der Waals surface area contributed by atoms with Crippen LogP contribution in [-0.2, 0) is 17.3 Å². The molecule has 0 saturated heterocycles. The first-order valence-corrected chi connectivity index (χ1v) is 8.59. The lowest BCUT2D eigenvalue weighted by atomic mass is 9.76. The fraction of sp³-hybridized carbons (Fsp3) is 0.526. The zero-order valence-electron chi connectivity index (χ0n) is 15.5. The van der Waals surface area contributed by atoms with Crippen LogP contribution in [0.3, 0.4) is 0 Å². The first-order chi connectivity index (χ1) is 11.6. The van der Waals surface area contributed by atoms with E-state index in [2.05, 4.69) is 5.32 Å². The number of imidazole rings is 1. The molecule has 1 fully saturated rings. The van der Waals surface area contributed by atoms with E-state index in [0.29, 0.717) is 5.56 Å². The van der Waals surface area contributed by atoms with Gasteiger partial charge in [-0.2, -0.15) is 0 Å². The van der Waals surface area contributed by atoms with E-state index in [9.17, 15) is 9.59 Å². The van der Waals surface area contributed by atoms with Gasteiger partial charge in [0.2, 0.25) is 0 Å². The second-order valence-electron chi connectivity index (χ2n) is 7.87. The zero-order chi connectivity index (χ0) is 18.4. The summed E-state index contributed by atoms with van der Waals surface area (Å²) in [5.74, 6) is 0.807. The lowest BCUT2D eigenvalue weighted by Gasteiger charge is -2.41. The summed E-state index contributed by atoms with van der Waals surface area (Å²) < 4.78 is 7.40. The number of ether oxygens (including phenoxy) is 1.